The molecule has 0 unspecified atom stereocenters. The van der Waals surface area contributed by atoms with Crippen LogP contribution < -0.4 is 4.74 Å². The molecule has 6 aromatic carbocycles. The molecular weight excluding hydrogens is 941 g/mol. The largest absolute Gasteiger partial charge is 0.494 e. The van der Waals surface area contributed by atoms with Gasteiger partial charge in [0, 0.05) is 66.6 Å². The number of fused-ring (bicyclic) bond motifs is 10. The van der Waals surface area contributed by atoms with Gasteiger partial charge in [-0.25, -0.2) is 14.8 Å². The number of H-pyrrole nitrogens is 2. The second kappa shape index (κ2) is 20.1. The molecule has 9 nitrogen and oxygen atoms in total. The van der Waals surface area contributed by atoms with E-state index in [2.05, 4.69) is 164 Å². The van der Waals surface area contributed by atoms with Crippen molar-refractivity contribution in [2.75, 3.05) is 13.2 Å². The highest BCUT2D eigenvalue weighted by atomic mass is 16.5. The summed E-state index contributed by atoms with van der Waals surface area (Å²) in [6.45, 7) is 7.01. The third kappa shape index (κ3) is 9.17. The highest BCUT2D eigenvalue weighted by Crippen LogP contribution is 2.39. The van der Waals surface area contributed by atoms with Crippen molar-refractivity contribution >= 4 is 63.9 Å². The Hall–Kier alpha value is -9.47. The first-order chi connectivity index (χ1) is 37.1. The highest BCUT2D eigenvalue weighted by Gasteiger charge is 2.30. The molecule has 0 fully saturated rings. The Bertz CT molecular complexity index is 3980. The van der Waals surface area contributed by atoms with Crippen molar-refractivity contribution in [2.45, 2.75) is 40.0 Å². The summed E-state index contributed by atoms with van der Waals surface area (Å²) in [4.78, 5) is 57.8. The maximum absolute atomic E-state index is 13.2. The van der Waals surface area contributed by atoms with E-state index in [1.54, 1.807) is 30.3 Å². The van der Waals surface area contributed by atoms with Gasteiger partial charge in [-0.1, -0.05) is 126 Å². The van der Waals surface area contributed by atoms with Gasteiger partial charge in [-0.3, -0.25) is 9.59 Å². The molecule has 370 valence electrons. The number of hydrogen-bond donors (Lipinski definition) is 2. The molecule has 2 N–H and O–H groups in total. The minimum absolute atomic E-state index is 0.218. The van der Waals surface area contributed by atoms with Gasteiger partial charge in [-0.2, -0.15) is 0 Å². The summed E-state index contributed by atoms with van der Waals surface area (Å²) in [5, 5.41) is 0. The van der Waals surface area contributed by atoms with E-state index in [-0.39, 0.29) is 29.3 Å². The fourth-order valence-corrected chi connectivity index (χ4v) is 10.3. The summed E-state index contributed by atoms with van der Waals surface area (Å²) in [7, 11) is 0. The maximum Gasteiger partial charge on any atom is 0.338 e. The number of hydrogen-bond acceptors (Lipinski definition) is 7. The van der Waals surface area contributed by atoms with Crippen molar-refractivity contribution in [3.8, 4) is 50.3 Å². The number of ketones is 2. The van der Waals surface area contributed by atoms with Crippen molar-refractivity contribution in [1.82, 2.24) is 19.9 Å². The summed E-state index contributed by atoms with van der Waals surface area (Å²) in [6.07, 6.45) is 10.6. The van der Waals surface area contributed by atoms with Gasteiger partial charge in [-0.15, -0.1) is 0 Å². The van der Waals surface area contributed by atoms with E-state index in [1.165, 1.54) is 28.8 Å². The molecule has 3 aliphatic rings. The van der Waals surface area contributed by atoms with Crippen LogP contribution in [0.25, 0.3) is 90.9 Å². The van der Waals surface area contributed by atoms with E-state index < -0.39 is 5.97 Å². The molecule has 0 saturated carbocycles. The lowest BCUT2D eigenvalue weighted by molar-refractivity contribution is 0.0496. The minimum Gasteiger partial charge on any atom is -0.494 e. The van der Waals surface area contributed by atoms with Crippen LogP contribution in [0.2, 0.25) is 0 Å². The molecule has 9 heteroatoms. The topological polar surface area (TPSA) is 127 Å². The number of aromatic nitrogens is 4. The van der Waals surface area contributed by atoms with Crippen LogP contribution in [-0.2, 0) is 4.74 Å². The lowest BCUT2D eigenvalue weighted by Gasteiger charge is -2.17. The fraction of sp³-hybridized carbons (Fsp3) is 0.119. The Kier molecular flexibility index (Phi) is 12.6. The number of carbonyl (C=O) groups excluding carboxylic acids is 3. The monoisotopic (exact) mass is 992 g/mol. The smallest absolute Gasteiger partial charge is 0.338 e. The number of ether oxygens (including phenoxy) is 2. The Morgan fingerprint density at radius 1 is 0.421 bits per heavy atom. The zero-order valence-electron chi connectivity index (χ0n) is 42.4. The van der Waals surface area contributed by atoms with Crippen molar-refractivity contribution in [1.29, 1.82) is 0 Å². The standard InChI is InChI=1S/C67H52N4O5/c1-40-11-17-43(18-12-40)61-53-29-31-55(68-53)62(44-19-13-41(2)14-20-44)57-33-35-59(70-57)64(60-36-34-58(71-60)63(56-32-30-54(61)69-56)45-21-15-42(3)16-22-45)46-23-26-48(27-24-46)75-37-7-4-8-38-76-67(74)47-25-28-51-52(39-47)66(73)50-10-6-5-9-49(50)65(51)72/h5-6,9-36,39,68,71H,4,7-8,37-38H2,1-3H3. The Labute approximate surface area is 440 Å². The van der Waals surface area contributed by atoms with Crippen LogP contribution in [-0.4, -0.2) is 50.7 Å². The number of rotatable bonds is 12. The summed E-state index contributed by atoms with van der Waals surface area (Å²) >= 11 is 0. The molecule has 9 aromatic rings. The van der Waals surface area contributed by atoms with Crippen molar-refractivity contribution < 1.29 is 23.9 Å². The minimum atomic E-state index is -0.531. The third-order valence-electron chi connectivity index (χ3n) is 14.4. The third-order valence-corrected chi connectivity index (χ3v) is 14.4. The number of aromatic amines is 2. The molecule has 8 bridgehead atoms. The quantitative estimate of drug-likeness (QED) is 0.0922. The van der Waals surface area contributed by atoms with Gasteiger partial charge in [0.25, 0.3) is 0 Å². The average Bonchev–Trinajstić information content (AvgIpc) is 4.37. The van der Waals surface area contributed by atoms with Gasteiger partial charge < -0.3 is 19.4 Å². The summed E-state index contributed by atoms with van der Waals surface area (Å²) in [5.41, 5.74) is 20.2. The van der Waals surface area contributed by atoms with Gasteiger partial charge in [0.2, 0.25) is 0 Å². The maximum atomic E-state index is 13.2. The Morgan fingerprint density at radius 3 is 1.24 bits per heavy atom. The second-order valence-corrected chi connectivity index (χ2v) is 19.6. The predicted molar refractivity (Wildman–Crippen MR) is 304 cm³/mol. The van der Waals surface area contributed by atoms with E-state index in [0.29, 0.717) is 29.7 Å². The number of unbranched alkanes of at least 4 members (excludes halogenated alkanes) is 2. The van der Waals surface area contributed by atoms with Crippen LogP contribution in [0.4, 0.5) is 0 Å². The van der Waals surface area contributed by atoms with Crippen LogP contribution in [0.5, 0.6) is 5.75 Å². The zero-order valence-corrected chi connectivity index (χ0v) is 42.4. The molecule has 76 heavy (non-hydrogen) atoms. The zero-order chi connectivity index (χ0) is 51.9. The summed E-state index contributed by atoms with van der Waals surface area (Å²) < 4.78 is 11.8. The van der Waals surface area contributed by atoms with Crippen LogP contribution in [0.3, 0.4) is 0 Å². The first-order valence-electron chi connectivity index (χ1n) is 25.7. The van der Waals surface area contributed by atoms with E-state index in [0.717, 1.165) is 108 Å². The lowest BCUT2D eigenvalue weighted by Crippen LogP contribution is -2.21. The number of esters is 1. The number of nitrogens with zero attached hydrogens (tertiary/aromatic N) is 2. The average molecular weight is 993 g/mol. The predicted octanol–water partition coefficient (Wildman–Crippen LogP) is 15.4. The number of benzene rings is 6. The lowest BCUT2D eigenvalue weighted by atomic mass is 9.83. The number of aryl methyl sites for hydroxylation is 3. The van der Waals surface area contributed by atoms with Gasteiger partial charge in [0.15, 0.2) is 11.6 Å². The van der Waals surface area contributed by atoms with Crippen molar-refractivity contribution in [3.05, 3.63) is 231 Å². The fourth-order valence-electron chi connectivity index (χ4n) is 10.3. The molecule has 1 aliphatic carbocycles. The number of nitrogens with one attached hydrogen (secondary N) is 2. The molecule has 0 saturated heterocycles. The SMILES string of the molecule is Cc1ccc(-c2c3nc(c(-c4ccc(C)cc4)c4ccc([nH]4)c(-c4ccc(OCCCCCOC(=O)c5ccc6c(c5)C(=O)c5ccccc5C6=O)cc4)c4nc(c(-c5ccc(C)cc5)c5ccc2[nH]5)C=C4)C=C3)cc1. The van der Waals surface area contributed by atoms with Crippen LogP contribution in [0.15, 0.2) is 164 Å². The summed E-state index contributed by atoms with van der Waals surface area (Å²) in [6, 6.07) is 53.9. The van der Waals surface area contributed by atoms with Crippen molar-refractivity contribution in [2.24, 2.45) is 0 Å². The summed E-state index contributed by atoms with van der Waals surface area (Å²) in [5.74, 6) is -0.294. The van der Waals surface area contributed by atoms with Gasteiger partial charge in [-0.05, 0) is 141 Å². The first-order valence-corrected chi connectivity index (χ1v) is 25.7. The van der Waals surface area contributed by atoms with E-state index >= 15 is 0 Å². The molecule has 0 amide bonds. The van der Waals surface area contributed by atoms with Crippen molar-refractivity contribution in [3.63, 3.8) is 0 Å². The van der Waals surface area contributed by atoms with Crippen LogP contribution in [0.1, 0.15) is 101 Å². The van der Waals surface area contributed by atoms with E-state index in [9.17, 15) is 14.4 Å². The normalized spacial score (nSPS) is 12.4. The van der Waals surface area contributed by atoms with Crippen LogP contribution >= 0.6 is 0 Å². The highest BCUT2D eigenvalue weighted by molar-refractivity contribution is 6.28. The van der Waals surface area contributed by atoms with Gasteiger partial charge in [0.05, 0.1) is 41.6 Å². The van der Waals surface area contributed by atoms with Gasteiger partial charge >= 0.3 is 5.97 Å². The first kappa shape index (κ1) is 47.5. The molecule has 12 rings (SSSR count). The molecule has 3 aromatic heterocycles. The molecular formula is C67H52N4O5. The molecule has 5 heterocycles. The molecule has 0 radical (unpaired) electrons. The molecule has 2 aliphatic heterocycles. The molecule has 0 spiro atoms. The van der Waals surface area contributed by atoms with E-state index in [4.69, 9.17) is 19.4 Å². The second-order valence-electron chi connectivity index (χ2n) is 19.6. The molecule has 0 atom stereocenters. The van der Waals surface area contributed by atoms with Crippen LogP contribution in [0, 0.1) is 20.8 Å². The van der Waals surface area contributed by atoms with Gasteiger partial charge in [0.1, 0.15) is 5.75 Å². The number of carbonyl (C=O) groups is 3. The Morgan fingerprint density at radius 2 is 0.803 bits per heavy atom. The Balaban J connectivity index is 0.846. The van der Waals surface area contributed by atoms with E-state index in [1.807, 2.05) is 12.1 Å².